The monoisotopic (exact) mass is 248 g/mol. The number of anilines is 1. The van der Waals surface area contributed by atoms with Crippen molar-refractivity contribution in [2.75, 3.05) is 24.5 Å². The lowest BCUT2D eigenvalue weighted by molar-refractivity contribution is 0.0726. The Morgan fingerprint density at radius 3 is 2.89 bits per heavy atom. The largest absolute Gasteiger partial charge is 0.387 e. The highest BCUT2D eigenvalue weighted by molar-refractivity contribution is 5.55. The van der Waals surface area contributed by atoms with Crippen LogP contribution in [0.4, 0.5) is 5.69 Å². The molecular formula is C15H24N2O. The third-order valence-electron chi connectivity index (χ3n) is 3.67. The van der Waals surface area contributed by atoms with Gasteiger partial charge in [-0.1, -0.05) is 25.1 Å². The zero-order valence-electron chi connectivity index (χ0n) is 11.6. The van der Waals surface area contributed by atoms with Crippen LogP contribution >= 0.6 is 0 Å². The number of benzene rings is 1. The van der Waals surface area contributed by atoms with E-state index in [0.29, 0.717) is 19.1 Å². The van der Waals surface area contributed by atoms with Gasteiger partial charge in [0.1, 0.15) is 0 Å². The van der Waals surface area contributed by atoms with Crippen LogP contribution < -0.4 is 10.2 Å². The Hall–Kier alpha value is -1.06. The first-order valence-electron chi connectivity index (χ1n) is 6.81. The molecular weight excluding hydrogens is 224 g/mol. The zero-order chi connectivity index (χ0) is 13.2. The molecule has 0 aromatic heterocycles. The number of β-amino-alcohol motifs (C(OH)–C–C–N with tert-alkyl or cyclic N) is 1. The molecule has 0 saturated carbocycles. The van der Waals surface area contributed by atoms with Crippen LogP contribution in [0.3, 0.4) is 0 Å². The maximum atomic E-state index is 10.4. The second kappa shape index (κ2) is 5.29. The molecule has 1 aromatic rings. The summed E-state index contributed by atoms with van der Waals surface area (Å²) in [7, 11) is 0. The molecule has 1 aromatic carbocycles. The van der Waals surface area contributed by atoms with Crippen LogP contribution in [-0.2, 0) is 6.42 Å². The van der Waals surface area contributed by atoms with E-state index >= 15 is 0 Å². The minimum atomic E-state index is -0.675. The molecule has 0 radical (unpaired) electrons. The Morgan fingerprint density at radius 1 is 1.44 bits per heavy atom. The Kier molecular flexibility index (Phi) is 3.93. The molecule has 2 rings (SSSR count). The van der Waals surface area contributed by atoms with Crippen LogP contribution in [0.25, 0.3) is 0 Å². The van der Waals surface area contributed by atoms with Gasteiger partial charge in [0.15, 0.2) is 0 Å². The van der Waals surface area contributed by atoms with Crippen molar-refractivity contribution in [2.45, 2.75) is 38.8 Å². The fourth-order valence-corrected chi connectivity index (χ4v) is 2.65. The Balaban J connectivity index is 2.33. The van der Waals surface area contributed by atoms with Gasteiger partial charge >= 0.3 is 0 Å². The Bertz CT molecular complexity index is 403. The molecule has 0 bridgehead atoms. The van der Waals surface area contributed by atoms with Gasteiger partial charge in [0.25, 0.3) is 0 Å². The number of aliphatic hydroxyl groups is 1. The third kappa shape index (κ3) is 2.85. The maximum Gasteiger partial charge on any atom is 0.0917 e. The minimum Gasteiger partial charge on any atom is -0.387 e. The van der Waals surface area contributed by atoms with Gasteiger partial charge in [-0.3, -0.25) is 0 Å². The number of hydrogen-bond acceptors (Lipinski definition) is 3. The molecule has 2 unspecified atom stereocenters. The van der Waals surface area contributed by atoms with Crippen molar-refractivity contribution in [3.05, 3.63) is 29.8 Å². The topological polar surface area (TPSA) is 35.5 Å². The predicted molar refractivity (Wildman–Crippen MR) is 76.1 cm³/mol. The summed E-state index contributed by atoms with van der Waals surface area (Å²) in [6, 6.07) is 8.90. The lowest BCUT2D eigenvalue weighted by Crippen LogP contribution is -2.45. The highest BCUT2D eigenvalue weighted by Crippen LogP contribution is 2.26. The molecule has 0 aliphatic carbocycles. The summed E-state index contributed by atoms with van der Waals surface area (Å²) >= 11 is 0. The highest BCUT2D eigenvalue weighted by Gasteiger charge is 2.30. The van der Waals surface area contributed by atoms with Crippen LogP contribution in [0.5, 0.6) is 0 Å². The average Bonchev–Trinajstić information content (AvgIpc) is 2.48. The first-order valence-corrected chi connectivity index (χ1v) is 6.81. The van der Waals surface area contributed by atoms with Crippen molar-refractivity contribution < 1.29 is 5.11 Å². The average molecular weight is 248 g/mol. The van der Waals surface area contributed by atoms with E-state index in [0.717, 1.165) is 13.0 Å². The van der Waals surface area contributed by atoms with Gasteiger partial charge in [0.05, 0.1) is 5.60 Å². The van der Waals surface area contributed by atoms with E-state index in [1.807, 2.05) is 6.92 Å². The molecule has 3 nitrogen and oxygen atoms in total. The van der Waals surface area contributed by atoms with E-state index < -0.39 is 5.60 Å². The van der Waals surface area contributed by atoms with Gasteiger partial charge in [-0.15, -0.1) is 0 Å². The minimum absolute atomic E-state index is 0.395. The fraction of sp³-hybridized carbons (Fsp3) is 0.600. The molecule has 0 spiro atoms. The van der Waals surface area contributed by atoms with Crippen molar-refractivity contribution in [2.24, 2.45) is 0 Å². The van der Waals surface area contributed by atoms with Crippen LogP contribution in [0.15, 0.2) is 24.3 Å². The predicted octanol–water partition coefficient (Wildman–Crippen LogP) is 1.80. The van der Waals surface area contributed by atoms with Crippen LogP contribution in [0.2, 0.25) is 0 Å². The molecule has 1 fully saturated rings. The molecule has 0 amide bonds. The Morgan fingerprint density at radius 2 is 2.17 bits per heavy atom. The Labute approximate surface area is 110 Å². The second-order valence-corrected chi connectivity index (χ2v) is 5.59. The van der Waals surface area contributed by atoms with Gasteiger partial charge in [0, 0.05) is 31.4 Å². The molecule has 2 N–H and O–H groups in total. The van der Waals surface area contributed by atoms with Gasteiger partial charge in [0.2, 0.25) is 0 Å². The molecule has 1 aliphatic heterocycles. The number of aryl methyl sites for hydroxylation is 1. The summed E-state index contributed by atoms with van der Waals surface area (Å²) in [5.74, 6) is 0. The normalized spacial score (nSPS) is 29.1. The molecule has 3 heteroatoms. The van der Waals surface area contributed by atoms with E-state index in [1.165, 1.54) is 11.3 Å². The lowest BCUT2D eigenvalue weighted by atomic mass is 10.0. The van der Waals surface area contributed by atoms with Crippen molar-refractivity contribution >= 4 is 5.69 Å². The molecule has 1 saturated heterocycles. The van der Waals surface area contributed by atoms with E-state index in [2.05, 4.69) is 48.3 Å². The van der Waals surface area contributed by atoms with Crippen molar-refractivity contribution in [3.8, 4) is 0 Å². The van der Waals surface area contributed by atoms with Crippen LogP contribution in [0.1, 0.15) is 26.3 Å². The molecule has 1 aliphatic rings. The first-order chi connectivity index (χ1) is 8.53. The molecule has 1 heterocycles. The second-order valence-electron chi connectivity index (χ2n) is 5.59. The van der Waals surface area contributed by atoms with Gasteiger partial charge in [-0.2, -0.15) is 0 Å². The van der Waals surface area contributed by atoms with E-state index in [4.69, 9.17) is 0 Å². The van der Waals surface area contributed by atoms with Crippen LogP contribution in [-0.4, -0.2) is 36.4 Å². The summed E-state index contributed by atoms with van der Waals surface area (Å²) in [6.07, 6.45) is 1.02. The zero-order valence-corrected chi connectivity index (χ0v) is 11.6. The highest BCUT2D eigenvalue weighted by atomic mass is 16.3. The van der Waals surface area contributed by atoms with Gasteiger partial charge in [-0.25, -0.2) is 0 Å². The number of nitrogens with zero attached hydrogens (tertiary/aromatic N) is 1. The van der Waals surface area contributed by atoms with Crippen LogP contribution in [0, 0.1) is 0 Å². The van der Waals surface area contributed by atoms with E-state index in [-0.39, 0.29) is 0 Å². The maximum absolute atomic E-state index is 10.4. The number of para-hydroxylation sites is 1. The summed E-state index contributed by atoms with van der Waals surface area (Å²) in [5.41, 5.74) is 1.93. The number of rotatable bonds is 2. The van der Waals surface area contributed by atoms with Gasteiger partial charge in [-0.05, 0) is 31.9 Å². The van der Waals surface area contributed by atoms with Crippen molar-refractivity contribution in [3.63, 3.8) is 0 Å². The standard InChI is InChI=1S/C15H24N2O/c1-4-13-7-5-6-8-14(13)17-11-15(3,18)10-16-9-12(17)2/h5-8,12,16,18H,4,9-11H2,1-3H3. The fourth-order valence-electron chi connectivity index (χ4n) is 2.65. The SMILES string of the molecule is CCc1ccccc1N1CC(C)(O)CNCC1C. The summed E-state index contributed by atoms with van der Waals surface area (Å²) in [6.45, 7) is 8.53. The van der Waals surface area contributed by atoms with E-state index in [1.54, 1.807) is 0 Å². The summed E-state index contributed by atoms with van der Waals surface area (Å²) in [5, 5.41) is 13.7. The smallest absolute Gasteiger partial charge is 0.0917 e. The number of nitrogens with one attached hydrogen (secondary N) is 1. The lowest BCUT2D eigenvalue weighted by Gasteiger charge is -2.34. The first kappa shape index (κ1) is 13.4. The van der Waals surface area contributed by atoms with Crippen molar-refractivity contribution in [1.29, 1.82) is 0 Å². The molecule has 18 heavy (non-hydrogen) atoms. The molecule has 2 atom stereocenters. The van der Waals surface area contributed by atoms with Crippen molar-refractivity contribution in [1.82, 2.24) is 5.32 Å². The van der Waals surface area contributed by atoms with E-state index in [9.17, 15) is 5.11 Å². The van der Waals surface area contributed by atoms with Gasteiger partial charge < -0.3 is 15.3 Å². The summed E-state index contributed by atoms with van der Waals surface area (Å²) in [4.78, 5) is 2.33. The quantitative estimate of drug-likeness (QED) is 0.838. The number of hydrogen-bond donors (Lipinski definition) is 2. The third-order valence-corrected chi connectivity index (χ3v) is 3.67. The molecule has 100 valence electrons. The summed E-state index contributed by atoms with van der Waals surface area (Å²) < 4.78 is 0.